The van der Waals surface area contributed by atoms with E-state index in [1.54, 1.807) is 0 Å². The van der Waals surface area contributed by atoms with Gasteiger partial charge in [0.05, 0.1) is 22.2 Å². The van der Waals surface area contributed by atoms with Crippen molar-refractivity contribution in [3.8, 4) is 0 Å². The summed E-state index contributed by atoms with van der Waals surface area (Å²) in [5.41, 5.74) is -4.07. The molecular formula is C38H66N4O8. The molecular weight excluding hydrogens is 640 g/mol. The van der Waals surface area contributed by atoms with Crippen molar-refractivity contribution in [3.05, 3.63) is 0 Å². The molecule has 4 fully saturated rings. The zero-order valence-electron chi connectivity index (χ0n) is 33.6. The van der Waals surface area contributed by atoms with Crippen LogP contribution in [0.4, 0.5) is 0 Å². The number of carbonyl (C=O) groups excluding carboxylic acids is 4. The summed E-state index contributed by atoms with van der Waals surface area (Å²) >= 11 is 0. The first kappa shape index (κ1) is 40.5. The molecule has 4 N–H and O–H groups in total. The summed E-state index contributed by atoms with van der Waals surface area (Å²) in [6.07, 6.45) is -0.820. The second kappa shape index (κ2) is 12.7. The molecule has 50 heavy (non-hydrogen) atoms. The average molecular weight is 707 g/mol. The Kier molecular flexibility index (Phi) is 10.3. The zero-order chi connectivity index (χ0) is 38.3. The van der Waals surface area contributed by atoms with E-state index in [0.29, 0.717) is 25.7 Å². The number of hydrogen-bond acceptors (Lipinski definition) is 12. The second-order valence-electron chi connectivity index (χ2n) is 20.4. The van der Waals surface area contributed by atoms with Crippen LogP contribution in [0.2, 0.25) is 0 Å². The maximum atomic E-state index is 14.5. The minimum atomic E-state index is -1.97. The number of esters is 4. The summed E-state index contributed by atoms with van der Waals surface area (Å²) in [6, 6.07) is 0. The van der Waals surface area contributed by atoms with Crippen molar-refractivity contribution >= 4 is 23.9 Å². The Balaban J connectivity index is 1.77. The Labute approximate surface area is 300 Å². The molecule has 0 amide bonds. The van der Waals surface area contributed by atoms with Crippen LogP contribution < -0.4 is 21.3 Å². The van der Waals surface area contributed by atoms with Crippen LogP contribution >= 0.6 is 0 Å². The molecule has 12 nitrogen and oxygen atoms in total. The third-order valence-corrected chi connectivity index (χ3v) is 11.0. The summed E-state index contributed by atoms with van der Waals surface area (Å²) < 4.78 is 24.5. The van der Waals surface area contributed by atoms with Crippen molar-refractivity contribution in [2.75, 3.05) is 0 Å². The van der Waals surface area contributed by atoms with Gasteiger partial charge in [-0.25, -0.2) is 0 Å². The van der Waals surface area contributed by atoms with Gasteiger partial charge in [-0.2, -0.15) is 0 Å². The molecule has 0 aromatic carbocycles. The van der Waals surface area contributed by atoms with Crippen LogP contribution in [0.1, 0.15) is 136 Å². The van der Waals surface area contributed by atoms with E-state index < -0.39 is 82.3 Å². The highest BCUT2D eigenvalue weighted by atomic mass is 16.6. The number of hydrogen-bond donors (Lipinski definition) is 4. The third-order valence-electron chi connectivity index (χ3n) is 11.0. The van der Waals surface area contributed by atoms with E-state index in [1.807, 2.05) is 111 Å². The van der Waals surface area contributed by atoms with Crippen LogP contribution in [0.15, 0.2) is 0 Å². The number of ether oxygens (including phenoxy) is 4. The molecule has 4 aliphatic rings. The first-order valence-corrected chi connectivity index (χ1v) is 18.3. The van der Waals surface area contributed by atoms with Gasteiger partial charge in [-0.1, -0.05) is 0 Å². The zero-order valence-corrected chi connectivity index (χ0v) is 33.6. The Morgan fingerprint density at radius 1 is 0.380 bits per heavy atom. The largest absolute Gasteiger partial charge is 0.460 e. The molecule has 0 radical (unpaired) electrons. The first-order valence-electron chi connectivity index (χ1n) is 18.3. The fraction of sp³-hybridized carbons (Fsp3) is 0.895. The van der Waals surface area contributed by atoms with Gasteiger partial charge in [0.2, 0.25) is 0 Å². The van der Waals surface area contributed by atoms with Crippen molar-refractivity contribution in [2.24, 2.45) is 11.8 Å². The molecule has 286 valence electrons. The van der Waals surface area contributed by atoms with Crippen LogP contribution in [0.5, 0.6) is 0 Å². The van der Waals surface area contributed by atoms with E-state index in [4.69, 9.17) is 18.9 Å². The lowest BCUT2D eigenvalue weighted by Gasteiger charge is -2.33. The summed E-state index contributed by atoms with van der Waals surface area (Å²) in [5, 5.41) is 13.9. The van der Waals surface area contributed by atoms with E-state index in [9.17, 15) is 19.2 Å². The highest BCUT2D eigenvalue weighted by Crippen LogP contribution is 2.39. The Morgan fingerprint density at radius 3 is 0.660 bits per heavy atom. The van der Waals surface area contributed by atoms with Crippen LogP contribution in [0.3, 0.4) is 0 Å². The standard InChI is InChI=1S/C38H66N4O8/c1-31(2)17-21(35(9,10)39-31)47-27(43)25(28(44)48-22-18-32(3,4)40-36(22,11)12)26(29(45)49-23-19-33(5,6)41-37(23,13)14)30(46)50-24-20-34(7,8)42-38(24,15)16/h21-26,39-42H,17-20H2,1-16H3/t21-,22?,23?,24?,25?,26?/m1/s1. The molecule has 4 unspecified atom stereocenters. The molecule has 12 heteroatoms. The summed E-state index contributed by atoms with van der Waals surface area (Å²) in [4.78, 5) is 57.9. The molecule has 0 aliphatic carbocycles. The molecule has 0 spiro atoms. The summed E-state index contributed by atoms with van der Waals surface area (Å²) in [5.74, 6) is -8.04. The third kappa shape index (κ3) is 8.84. The molecule has 0 aromatic heterocycles. The van der Waals surface area contributed by atoms with E-state index in [0.717, 1.165) is 0 Å². The Bertz CT molecular complexity index is 1160. The quantitative estimate of drug-likeness (QED) is 0.155. The SMILES string of the molecule is CC1(C)CC(OC(=O)C(C(=O)OC2CC(C)(C)NC2(C)C)C(C(=O)OC2CC(C)(C)NC2(C)C)C(=O)O[C@@H]2CC(C)(C)NC2(C)C)C(C)(C)N1. The number of carbonyl (C=O) groups is 4. The molecule has 4 aliphatic heterocycles. The predicted molar refractivity (Wildman–Crippen MR) is 190 cm³/mol. The van der Waals surface area contributed by atoms with E-state index in [1.165, 1.54) is 0 Å². The molecule has 4 rings (SSSR count). The Hall–Kier alpha value is -2.28. The molecule has 5 atom stereocenters. The van der Waals surface area contributed by atoms with Crippen molar-refractivity contribution < 1.29 is 38.1 Å². The molecule has 0 bridgehead atoms. The maximum absolute atomic E-state index is 14.5. The monoisotopic (exact) mass is 706 g/mol. The lowest BCUT2D eigenvalue weighted by molar-refractivity contribution is -0.189. The number of nitrogens with one attached hydrogen (secondary N) is 4. The minimum Gasteiger partial charge on any atom is -0.460 e. The van der Waals surface area contributed by atoms with Crippen LogP contribution in [0.25, 0.3) is 0 Å². The van der Waals surface area contributed by atoms with E-state index >= 15 is 0 Å². The smallest absolute Gasteiger partial charge is 0.322 e. The van der Waals surface area contributed by atoms with E-state index in [2.05, 4.69) is 21.3 Å². The van der Waals surface area contributed by atoms with Crippen LogP contribution in [-0.2, 0) is 38.1 Å². The second-order valence-corrected chi connectivity index (χ2v) is 20.4. The van der Waals surface area contributed by atoms with Gasteiger partial charge in [0.25, 0.3) is 0 Å². The van der Waals surface area contributed by atoms with Crippen molar-refractivity contribution in [1.29, 1.82) is 0 Å². The molecule has 0 saturated carbocycles. The van der Waals surface area contributed by atoms with Crippen molar-refractivity contribution in [1.82, 2.24) is 21.3 Å². The highest BCUT2D eigenvalue weighted by Gasteiger charge is 2.57. The van der Waals surface area contributed by atoms with Gasteiger partial charge in [0, 0.05) is 47.8 Å². The van der Waals surface area contributed by atoms with Crippen LogP contribution in [0, 0.1) is 11.8 Å². The van der Waals surface area contributed by atoms with Gasteiger partial charge < -0.3 is 40.2 Å². The molecule has 0 aromatic rings. The predicted octanol–water partition coefficient (Wildman–Crippen LogP) is 4.07. The van der Waals surface area contributed by atoms with Crippen molar-refractivity contribution in [3.63, 3.8) is 0 Å². The van der Waals surface area contributed by atoms with Gasteiger partial charge in [-0.15, -0.1) is 0 Å². The Morgan fingerprint density at radius 2 is 0.540 bits per heavy atom. The lowest BCUT2D eigenvalue weighted by atomic mass is 9.89. The van der Waals surface area contributed by atoms with Crippen molar-refractivity contribution in [2.45, 2.75) is 205 Å². The fourth-order valence-electron chi connectivity index (χ4n) is 9.24. The summed E-state index contributed by atoms with van der Waals surface area (Å²) in [7, 11) is 0. The molecule has 4 heterocycles. The van der Waals surface area contributed by atoms with Crippen LogP contribution in [-0.4, -0.2) is 92.6 Å². The topological polar surface area (TPSA) is 153 Å². The fourth-order valence-corrected chi connectivity index (χ4v) is 9.24. The normalized spacial score (nSPS) is 33.2. The number of rotatable bonds is 9. The lowest BCUT2D eigenvalue weighted by Crippen LogP contribution is -2.53. The average Bonchev–Trinajstić information content (AvgIpc) is 3.39. The van der Waals surface area contributed by atoms with Gasteiger partial charge in [-0.05, 0) is 111 Å². The van der Waals surface area contributed by atoms with E-state index in [-0.39, 0.29) is 22.2 Å². The van der Waals surface area contributed by atoms with Gasteiger partial charge in [-0.3, -0.25) is 19.2 Å². The maximum Gasteiger partial charge on any atom is 0.322 e. The van der Waals surface area contributed by atoms with Gasteiger partial charge >= 0.3 is 23.9 Å². The van der Waals surface area contributed by atoms with Gasteiger partial charge in [0.15, 0.2) is 11.8 Å². The minimum absolute atomic E-state index is 0.367. The molecule has 4 saturated heterocycles. The van der Waals surface area contributed by atoms with Gasteiger partial charge in [0.1, 0.15) is 24.4 Å². The summed E-state index contributed by atoms with van der Waals surface area (Å²) in [6.45, 7) is 31.3. The first-order chi connectivity index (χ1) is 22.3. The highest BCUT2D eigenvalue weighted by molar-refractivity contribution is 6.07.